The van der Waals surface area contributed by atoms with E-state index in [0.717, 1.165) is 0 Å². The van der Waals surface area contributed by atoms with E-state index in [1.54, 1.807) is 31.2 Å². The molecule has 24 heavy (non-hydrogen) atoms. The van der Waals surface area contributed by atoms with Gasteiger partial charge in [0.1, 0.15) is 5.70 Å². The summed E-state index contributed by atoms with van der Waals surface area (Å²) in [7, 11) is 0. The van der Waals surface area contributed by atoms with E-state index in [-0.39, 0.29) is 12.1 Å². The fourth-order valence-corrected chi connectivity index (χ4v) is 2.77. The first kappa shape index (κ1) is 15.7. The molecule has 1 aromatic carbocycles. The zero-order chi connectivity index (χ0) is 17.4. The molecule has 0 fully saturated rings. The highest BCUT2D eigenvalue weighted by molar-refractivity contribution is 6.39. The standard InChI is InChI=1S/C18H12F2N2O2/c1-3-8-21-16-15(20)17(23)13(14(19)18(16)24)12-9(2)22-11-7-5-4-6-10(11)12/h1,4-7,21-22H,8H2,2H3. The van der Waals surface area contributed by atoms with E-state index in [9.17, 15) is 18.4 Å². The lowest BCUT2D eigenvalue weighted by Gasteiger charge is -2.17. The maximum atomic E-state index is 14.6. The highest BCUT2D eigenvalue weighted by Crippen LogP contribution is 2.37. The minimum atomic E-state index is -1.34. The molecule has 0 saturated heterocycles. The van der Waals surface area contributed by atoms with Crippen LogP contribution in [-0.4, -0.2) is 23.1 Å². The number of H-pyrrole nitrogens is 1. The van der Waals surface area contributed by atoms with E-state index in [1.165, 1.54) is 0 Å². The first-order chi connectivity index (χ1) is 11.5. The van der Waals surface area contributed by atoms with Gasteiger partial charge in [0, 0.05) is 22.2 Å². The number of Topliss-reactive ketones (excluding diaryl/α,β-unsaturated/α-hetero) is 2. The summed E-state index contributed by atoms with van der Waals surface area (Å²) in [6.45, 7) is 1.43. The van der Waals surface area contributed by atoms with Crippen LogP contribution in [0.3, 0.4) is 0 Å². The Balaban J connectivity index is 2.20. The van der Waals surface area contributed by atoms with Crippen LogP contribution in [-0.2, 0) is 9.59 Å². The van der Waals surface area contributed by atoms with Gasteiger partial charge >= 0.3 is 0 Å². The molecule has 0 aliphatic heterocycles. The number of allylic oxidation sites excluding steroid dienone is 3. The highest BCUT2D eigenvalue weighted by Gasteiger charge is 2.38. The number of para-hydroxylation sites is 1. The number of halogens is 2. The summed E-state index contributed by atoms with van der Waals surface area (Å²) >= 11 is 0. The number of aryl methyl sites for hydroxylation is 1. The monoisotopic (exact) mass is 326 g/mol. The Kier molecular flexibility index (Phi) is 3.78. The maximum absolute atomic E-state index is 14.6. The molecular formula is C18H12F2N2O2. The smallest absolute Gasteiger partial charge is 0.241 e. The van der Waals surface area contributed by atoms with Gasteiger partial charge in [0.05, 0.1) is 12.1 Å². The summed E-state index contributed by atoms with van der Waals surface area (Å²) in [4.78, 5) is 27.5. The Morgan fingerprint density at radius 1 is 1.17 bits per heavy atom. The van der Waals surface area contributed by atoms with Crippen molar-refractivity contribution in [3.8, 4) is 12.3 Å². The van der Waals surface area contributed by atoms with E-state index in [4.69, 9.17) is 6.42 Å². The zero-order valence-electron chi connectivity index (χ0n) is 12.7. The predicted octanol–water partition coefficient (Wildman–Crippen LogP) is 2.71. The number of benzene rings is 1. The molecule has 0 amide bonds. The average Bonchev–Trinajstić information content (AvgIpc) is 2.90. The molecule has 4 nitrogen and oxygen atoms in total. The molecule has 1 aromatic heterocycles. The third-order valence-corrected chi connectivity index (χ3v) is 3.80. The number of rotatable bonds is 3. The van der Waals surface area contributed by atoms with Gasteiger partial charge in [-0.1, -0.05) is 24.1 Å². The summed E-state index contributed by atoms with van der Waals surface area (Å²) in [6.07, 6.45) is 5.03. The lowest BCUT2D eigenvalue weighted by atomic mass is 9.91. The number of hydrogen-bond donors (Lipinski definition) is 2. The number of carbonyl (C=O) groups excluding carboxylic acids is 2. The summed E-state index contributed by atoms with van der Waals surface area (Å²) in [6, 6.07) is 6.88. The molecule has 2 aromatic rings. The fraction of sp³-hybridized carbons (Fsp3) is 0.111. The van der Waals surface area contributed by atoms with Crippen molar-refractivity contribution in [2.24, 2.45) is 0 Å². The zero-order valence-corrected chi connectivity index (χ0v) is 12.7. The van der Waals surface area contributed by atoms with Crippen molar-refractivity contribution in [2.45, 2.75) is 6.92 Å². The molecule has 120 valence electrons. The molecule has 0 spiro atoms. The highest BCUT2D eigenvalue weighted by atomic mass is 19.1. The second-order valence-corrected chi connectivity index (χ2v) is 5.26. The van der Waals surface area contributed by atoms with Crippen LogP contribution in [0.1, 0.15) is 11.3 Å². The molecule has 0 saturated carbocycles. The Bertz CT molecular complexity index is 990. The third kappa shape index (κ3) is 2.22. The third-order valence-electron chi connectivity index (χ3n) is 3.80. The van der Waals surface area contributed by atoms with Gasteiger partial charge in [0.2, 0.25) is 11.6 Å². The van der Waals surface area contributed by atoms with Crippen molar-refractivity contribution in [2.75, 3.05) is 6.54 Å². The van der Waals surface area contributed by atoms with Gasteiger partial charge in [-0.3, -0.25) is 9.59 Å². The van der Waals surface area contributed by atoms with E-state index in [0.29, 0.717) is 16.6 Å². The average molecular weight is 326 g/mol. The second kappa shape index (κ2) is 5.78. The summed E-state index contributed by atoms with van der Waals surface area (Å²) in [5.41, 5.74) is 0.00419. The van der Waals surface area contributed by atoms with Gasteiger partial charge in [0.15, 0.2) is 11.7 Å². The number of nitrogens with one attached hydrogen (secondary N) is 2. The minimum Gasteiger partial charge on any atom is -0.368 e. The Hall–Kier alpha value is -3.20. The lowest BCUT2D eigenvalue weighted by molar-refractivity contribution is -0.117. The normalized spacial score (nSPS) is 15.2. The second-order valence-electron chi connectivity index (χ2n) is 5.26. The lowest BCUT2D eigenvalue weighted by Crippen LogP contribution is -2.29. The predicted molar refractivity (Wildman–Crippen MR) is 86.0 cm³/mol. The fourth-order valence-electron chi connectivity index (χ4n) is 2.77. The first-order valence-corrected chi connectivity index (χ1v) is 7.11. The summed E-state index contributed by atoms with van der Waals surface area (Å²) in [5.74, 6) is -2.90. The summed E-state index contributed by atoms with van der Waals surface area (Å²) in [5, 5.41) is 2.80. The minimum absolute atomic E-state index is 0.188. The molecule has 3 rings (SSSR count). The molecule has 6 heteroatoms. The number of fused-ring (bicyclic) bond motifs is 1. The van der Waals surface area contributed by atoms with Gasteiger partial charge in [-0.25, -0.2) is 8.78 Å². The van der Waals surface area contributed by atoms with E-state index in [2.05, 4.69) is 16.2 Å². The van der Waals surface area contributed by atoms with Crippen LogP contribution in [0.4, 0.5) is 8.78 Å². The van der Waals surface area contributed by atoms with Crippen molar-refractivity contribution in [3.05, 3.63) is 52.9 Å². The van der Waals surface area contributed by atoms with Crippen LogP contribution in [0.25, 0.3) is 16.5 Å². The molecule has 1 heterocycles. The molecule has 0 radical (unpaired) electrons. The van der Waals surface area contributed by atoms with Crippen LogP contribution in [0.2, 0.25) is 0 Å². The number of hydrogen-bond acceptors (Lipinski definition) is 3. The van der Waals surface area contributed by atoms with Crippen LogP contribution >= 0.6 is 0 Å². The van der Waals surface area contributed by atoms with Crippen LogP contribution in [0.15, 0.2) is 41.6 Å². The maximum Gasteiger partial charge on any atom is 0.241 e. The van der Waals surface area contributed by atoms with Crippen molar-refractivity contribution in [1.29, 1.82) is 0 Å². The van der Waals surface area contributed by atoms with Crippen LogP contribution in [0.5, 0.6) is 0 Å². The summed E-state index contributed by atoms with van der Waals surface area (Å²) < 4.78 is 28.9. The topological polar surface area (TPSA) is 62.0 Å². The molecule has 0 atom stereocenters. The molecular weight excluding hydrogens is 314 g/mol. The molecule has 0 bridgehead atoms. The van der Waals surface area contributed by atoms with Crippen molar-refractivity contribution in [3.63, 3.8) is 0 Å². The number of carbonyl (C=O) groups is 2. The van der Waals surface area contributed by atoms with Gasteiger partial charge in [-0.2, -0.15) is 0 Å². The van der Waals surface area contributed by atoms with E-state index >= 15 is 0 Å². The number of aromatic amines is 1. The Morgan fingerprint density at radius 3 is 2.58 bits per heavy atom. The van der Waals surface area contributed by atoms with E-state index < -0.39 is 34.5 Å². The molecule has 1 aliphatic carbocycles. The quantitative estimate of drug-likeness (QED) is 0.673. The molecule has 0 unspecified atom stereocenters. The number of aromatic nitrogens is 1. The largest absolute Gasteiger partial charge is 0.368 e. The Morgan fingerprint density at radius 2 is 1.88 bits per heavy atom. The van der Waals surface area contributed by atoms with Crippen molar-refractivity contribution < 1.29 is 18.4 Å². The van der Waals surface area contributed by atoms with Crippen LogP contribution in [0, 0.1) is 19.3 Å². The SMILES string of the molecule is C#CCNC1=C(F)C(=O)C(c2c(C)[nH]c3ccccc23)=C(F)C1=O. The number of terminal acetylenes is 1. The van der Waals surface area contributed by atoms with Gasteiger partial charge < -0.3 is 10.3 Å². The van der Waals surface area contributed by atoms with Crippen molar-refractivity contribution >= 4 is 28.0 Å². The van der Waals surface area contributed by atoms with Gasteiger partial charge in [0.25, 0.3) is 0 Å². The van der Waals surface area contributed by atoms with Crippen molar-refractivity contribution in [1.82, 2.24) is 10.3 Å². The van der Waals surface area contributed by atoms with E-state index in [1.807, 2.05) is 0 Å². The van der Waals surface area contributed by atoms with Gasteiger partial charge in [-0.15, -0.1) is 6.42 Å². The molecule has 2 N–H and O–H groups in total. The molecule has 1 aliphatic rings. The van der Waals surface area contributed by atoms with Gasteiger partial charge in [-0.05, 0) is 13.0 Å². The van der Waals surface area contributed by atoms with Crippen LogP contribution < -0.4 is 5.32 Å². The number of ketones is 2. The first-order valence-electron chi connectivity index (χ1n) is 7.11. The Labute approximate surface area is 136 Å².